The quantitative estimate of drug-likeness (QED) is 0.218. The highest BCUT2D eigenvalue weighted by Gasteiger charge is 2.22. The van der Waals surface area contributed by atoms with Gasteiger partial charge in [-0.2, -0.15) is 0 Å². The molecule has 192 valence electrons. The first kappa shape index (κ1) is 26.1. The number of nitrogens with one attached hydrogen (secondary N) is 5. The highest BCUT2D eigenvalue weighted by molar-refractivity contribution is 5.97. The molecule has 2 aromatic rings. The van der Waals surface area contributed by atoms with Crippen LogP contribution in [0.2, 0.25) is 0 Å². The summed E-state index contributed by atoms with van der Waals surface area (Å²) in [4.78, 5) is 40.3. The zero-order chi connectivity index (χ0) is 25.8. The number of carboxylic acid groups (broad SMARTS) is 1. The molecule has 0 aliphatic carbocycles. The molecule has 3 rings (SSSR count). The molecule has 2 aromatic carbocycles. The van der Waals surface area contributed by atoms with Crippen LogP contribution >= 0.6 is 0 Å². The van der Waals surface area contributed by atoms with E-state index < -0.39 is 23.9 Å². The first-order valence-electron chi connectivity index (χ1n) is 11.5. The molecule has 12 nitrogen and oxygen atoms in total. The van der Waals surface area contributed by atoms with Crippen molar-refractivity contribution in [2.45, 2.75) is 19.0 Å². The van der Waals surface area contributed by atoms with E-state index in [0.29, 0.717) is 18.9 Å². The van der Waals surface area contributed by atoms with Crippen LogP contribution in [0, 0.1) is 0 Å². The number of phenols is 1. The molecule has 12 heteroatoms. The molecule has 0 saturated carbocycles. The second-order valence-corrected chi connectivity index (χ2v) is 7.88. The average molecular weight is 499 g/mol. The van der Waals surface area contributed by atoms with E-state index in [0.717, 1.165) is 31.0 Å². The van der Waals surface area contributed by atoms with Gasteiger partial charge in [-0.05, 0) is 24.1 Å². The molecular weight excluding hydrogens is 468 g/mol. The van der Waals surface area contributed by atoms with Crippen LogP contribution in [0.4, 0.5) is 4.79 Å². The van der Waals surface area contributed by atoms with Crippen molar-refractivity contribution >= 4 is 23.9 Å². The highest BCUT2D eigenvalue weighted by atomic mass is 16.5. The molecule has 0 spiro atoms. The molecule has 36 heavy (non-hydrogen) atoms. The number of carboxylic acids is 1. The fraction of sp³-hybridized carbons (Fsp3) is 0.333. The van der Waals surface area contributed by atoms with Crippen molar-refractivity contribution in [2.75, 3.05) is 32.8 Å². The standard InChI is InChI=1S/C24H30N6O6/c31-20-13-17(36-12-11-27-23-25-9-4-10-26-23)7-8-18(20)21(32)28-15-19(22(33)34)30-24(35)29-14-16-5-2-1-3-6-16/h1-3,5-8,13,19,31H,4,9-12,14-15H2,(H,28,32)(H,33,34)(H2,25,26,27)(H2,29,30,35)/t19-/m0/s1. The molecule has 0 aromatic heterocycles. The molecule has 0 unspecified atom stereocenters. The zero-order valence-electron chi connectivity index (χ0n) is 19.6. The van der Waals surface area contributed by atoms with Crippen molar-refractivity contribution in [2.24, 2.45) is 4.99 Å². The van der Waals surface area contributed by atoms with Crippen LogP contribution in [-0.2, 0) is 11.3 Å². The monoisotopic (exact) mass is 498 g/mol. The molecule has 0 saturated heterocycles. The van der Waals surface area contributed by atoms with Gasteiger partial charge >= 0.3 is 12.0 Å². The second kappa shape index (κ2) is 13.4. The van der Waals surface area contributed by atoms with E-state index >= 15 is 0 Å². The minimum absolute atomic E-state index is 0.0566. The molecule has 3 amide bonds. The van der Waals surface area contributed by atoms with Crippen molar-refractivity contribution in [3.63, 3.8) is 0 Å². The Balaban J connectivity index is 1.43. The number of aliphatic imine (C=N–C) groups is 1. The van der Waals surface area contributed by atoms with E-state index in [-0.39, 0.29) is 24.4 Å². The third kappa shape index (κ3) is 8.38. The van der Waals surface area contributed by atoms with Crippen molar-refractivity contribution in [1.82, 2.24) is 26.6 Å². The van der Waals surface area contributed by atoms with Crippen LogP contribution in [-0.4, -0.2) is 72.9 Å². The topological polar surface area (TPSA) is 173 Å². The number of benzene rings is 2. The number of ether oxygens (including phenoxy) is 1. The van der Waals surface area contributed by atoms with E-state index in [2.05, 4.69) is 31.6 Å². The largest absolute Gasteiger partial charge is 0.507 e. The Labute approximate surface area is 208 Å². The van der Waals surface area contributed by atoms with Gasteiger partial charge in [0.15, 0.2) is 5.96 Å². The summed E-state index contributed by atoms with van der Waals surface area (Å²) in [6, 6.07) is 11.3. The summed E-state index contributed by atoms with van der Waals surface area (Å²) in [7, 11) is 0. The molecule has 0 bridgehead atoms. The number of aliphatic carboxylic acids is 1. The van der Waals surface area contributed by atoms with Gasteiger partial charge in [0, 0.05) is 32.2 Å². The van der Waals surface area contributed by atoms with Gasteiger partial charge in [0.25, 0.3) is 5.91 Å². The lowest BCUT2D eigenvalue weighted by molar-refractivity contribution is -0.139. The van der Waals surface area contributed by atoms with Gasteiger partial charge in [-0.15, -0.1) is 0 Å². The summed E-state index contributed by atoms with van der Waals surface area (Å²) in [5, 5.41) is 33.2. The molecule has 1 atom stereocenters. The molecule has 1 aliphatic heterocycles. The number of carbonyl (C=O) groups excluding carboxylic acids is 2. The maximum Gasteiger partial charge on any atom is 0.328 e. The van der Waals surface area contributed by atoms with E-state index in [9.17, 15) is 24.6 Å². The lowest BCUT2D eigenvalue weighted by Gasteiger charge is -2.17. The van der Waals surface area contributed by atoms with Crippen LogP contribution in [0.25, 0.3) is 0 Å². The second-order valence-electron chi connectivity index (χ2n) is 7.88. The van der Waals surface area contributed by atoms with Gasteiger partial charge < -0.3 is 41.5 Å². The zero-order valence-corrected chi connectivity index (χ0v) is 19.6. The third-order valence-electron chi connectivity index (χ3n) is 5.14. The van der Waals surface area contributed by atoms with Gasteiger partial charge in [-0.25, -0.2) is 9.59 Å². The van der Waals surface area contributed by atoms with Crippen LogP contribution in [0.15, 0.2) is 53.5 Å². The minimum atomic E-state index is -1.37. The maximum atomic E-state index is 12.5. The number of urea groups is 1. The summed E-state index contributed by atoms with van der Waals surface area (Å²) in [6.45, 7) is 2.29. The average Bonchev–Trinajstić information content (AvgIpc) is 2.88. The van der Waals surface area contributed by atoms with Gasteiger partial charge in [-0.1, -0.05) is 30.3 Å². The van der Waals surface area contributed by atoms with E-state index in [1.54, 1.807) is 0 Å². The number of carbonyl (C=O) groups is 3. The summed E-state index contributed by atoms with van der Waals surface area (Å²) in [5.74, 6) is -1.25. The first-order chi connectivity index (χ1) is 17.4. The van der Waals surface area contributed by atoms with Crippen molar-refractivity contribution < 1.29 is 29.3 Å². The number of rotatable bonds is 11. The lowest BCUT2D eigenvalue weighted by Crippen LogP contribution is -2.51. The Kier molecular flexibility index (Phi) is 9.74. The van der Waals surface area contributed by atoms with Gasteiger partial charge in [0.1, 0.15) is 24.1 Å². The molecule has 0 fully saturated rings. The fourth-order valence-electron chi connectivity index (χ4n) is 3.26. The molecule has 7 N–H and O–H groups in total. The fourth-order valence-corrected chi connectivity index (χ4v) is 3.26. The lowest BCUT2D eigenvalue weighted by atomic mass is 10.1. The summed E-state index contributed by atoms with van der Waals surface area (Å²) >= 11 is 0. The van der Waals surface area contributed by atoms with Gasteiger partial charge in [0.05, 0.1) is 12.1 Å². The summed E-state index contributed by atoms with van der Waals surface area (Å²) < 4.78 is 5.57. The van der Waals surface area contributed by atoms with Crippen LogP contribution in [0.5, 0.6) is 11.5 Å². The SMILES string of the molecule is O=C(NCc1ccccc1)N[C@@H](CNC(=O)c1ccc(OCCNC2=NCCCN2)cc1O)C(=O)O. The Morgan fingerprint density at radius 2 is 1.92 bits per heavy atom. The predicted molar refractivity (Wildman–Crippen MR) is 132 cm³/mol. The normalized spacial score (nSPS) is 13.4. The van der Waals surface area contributed by atoms with Gasteiger partial charge in [0.2, 0.25) is 0 Å². The van der Waals surface area contributed by atoms with Crippen molar-refractivity contribution in [3.8, 4) is 11.5 Å². The Hall–Kier alpha value is -4.48. The number of nitrogens with zero attached hydrogens (tertiary/aromatic N) is 1. The third-order valence-corrected chi connectivity index (χ3v) is 5.14. The highest BCUT2D eigenvalue weighted by Crippen LogP contribution is 2.23. The Morgan fingerprint density at radius 3 is 2.61 bits per heavy atom. The van der Waals surface area contributed by atoms with Crippen molar-refractivity contribution in [3.05, 3.63) is 59.7 Å². The number of hydrogen-bond donors (Lipinski definition) is 7. The number of hydrogen-bond acceptors (Lipinski definition) is 8. The van der Waals surface area contributed by atoms with E-state index in [1.807, 2.05) is 30.3 Å². The van der Waals surface area contributed by atoms with E-state index in [1.165, 1.54) is 18.2 Å². The maximum absolute atomic E-state index is 12.5. The molecule has 1 aliphatic rings. The Morgan fingerprint density at radius 1 is 1.11 bits per heavy atom. The summed E-state index contributed by atoms with van der Waals surface area (Å²) in [5.41, 5.74) is 0.793. The molecular formula is C24H30N6O6. The molecule has 1 heterocycles. The predicted octanol–water partition coefficient (Wildman–Crippen LogP) is 0.392. The van der Waals surface area contributed by atoms with Gasteiger partial charge in [-0.3, -0.25) is 9.79 Å². The van der Waals surface area contributed by atoms with Crippen LogP contribution in [0.3, 0.4) is 0 Å². The van der Waals surface area contributed by atoms with E-state index in [4.69, 9.17) is 4.74 Å². The summed E-state index contributed by atoms with van der Waals surface area (Å²) in [6.07, 6.45) is 0.998. The van der Waals surface area contributed by atoms with Crippen molar-refractivity contribution in [1.29, 1.82) is 0 Å². The number of aromatic hydroxyl groups is 1. The van der Waals surface area contributed by atoms with Crippen LogP contribution in [0.1, 0.15) is 22.3 Å². The van der Waals surface area contributed by atoms with Crippen LogP contribution < -0.4 is 31.3 Å². The number of amides is 3. The molecule has 0 radical (unpaired) electrons. The smallest absolute Gasteiger partial charge is 0.328 e. The number of guanidine groups is 1. The number of phenolic OH excluding ortho intramolecular Hbond substituents is 1. The first-order valence-corrected chi connectivity index (χ1v) is 11.5. The minimum Gasteiger partial charge on any atom is -0.507 e. The Bertz CT molecular complexity index is 1080.